The van der Waals surface area contributed by atoms with Crippen molar-refractivity contribution >= 4 is 5.91 Å². The number of hydrogen-bond donors (Lipinski definition) is 2. The summed E-state index contributed by atoms with van der Waals surface area (Å²) in [5.41, 5.74) is 2.22. The molecule has 2 aromatic carbocycles. The molecule has 1 heterocycles. The fourth-order valence-electron chi connectivity index (χ4n) is 3.48. The second-order valence-electron chi connectivity index (χ2n) is 6.53. The maximum atomic E-state index is 12.6. The van der Waals surface area contributed by atoms with Crippen LogP contribution in [0.15, 0.2) is 54.9 Å². The summed E-state index contributed by atoms with van der Waals surface area (Å²) < 4.78 is 1.49. The van der Waals surface area contributed by atoms with Crippen molar-refractivity contribution in [1.29, 1.82) is 0 Å². The lowest BCUT2D eigenvalue weighted by atomic mass is 9.79. The molecule has 3 aromatic rings. The van der Waals surface area contributed by atoms with E-state index >= 15 is 0 Å². The molecule has 0 saturated heterocycles. The molecule has 4 rings (SSSR count). The minimum absolute atomic E-state index is 0.179. The first-order chi connectivity index (χ1) is 12.7. The smallest absolute Gasteiger partial charge is 0.251 e. The maximum absolute atomic E-state index is 12.6. The number of aryl methyl sites for hydroxylation is 1. The van der Waals surface area contributed by atoms with Crippen molar-refractivity contribution in [2.45, 2.75) is 24.9 Å². The second kappa shape index (κ2) is 6.68. The highest BCUT2D eigenvalue weighted by Crippen LogP contribution is 2.34. The van der Waals surface area contributed by atoms with E-state index in [1.807, 2.05) is 30.3 Å². The molecule has 1 aliphatic carbocycles. The summed E-state index contributed by atoms with van der Waals surface area (Å²) in [6.45, 7) is 0.179. The fraction of sp³-hybridized carbons (Fsp3) is 0.263. The van der Waals surface area contributed by atoms with Crippen LogP contribution in [0.4, 0.5) is 0 Å². The lowest BCUT2D eigenvalue weighted by Gasteiger charge is -2.34. The Morgan fingerprint density at radius 2 is 2.12 bits per heavy atom. The molecule has 1 aliphatic rings. The Labute approximate surface area is 150 Å². The topological polar surface area (TPSA) is 92.9 Å². The van der Waals surface area contributed by atoms with Crippen molar-refractivity contribution in [3.8, 4) is 5.69 Å². The van der Waals surface area contributed by atoms with Gasteiger partial charge in [0.25, 0.3) is 5.91 Å². The van der Waals surface area contributed by atoms with Gasteiger partial charge in [0.2, 0.25) is 0 Å². The van der Waals surface area contributed by atoms with Crippen molar-refractivity contribution in [3.05, 3.63) is 71.5 Å². The summed E-state index contributed by atoms with van der Waals surface area (Å²) in [6, 6.07) is 14.9. The van der Waals surface area contributed by atoms with Crippen LogP contribution in [0.1, 0.15) is 34.3 Å². The van der Waals surface area contributed by atoms with E-state index < -0.39 is 5.60 Å². The van der Waals surface area contributed by atoms with Gasteiger partial charge in [-0.2, -0.15) is 0 Å². The molecule has 7 nitrogen and oxygen atoms in total. The molecule has 1 atom stereocenters. The van der Waals surface area contributed by atoms with E-state index in [1.54, 1.807) is 18.2 Å². The van der Waals surface area contributed by atoms with E-state index in [9.17, 15) is 9.90 Å². The minimum Gasteiger partial charge on any atom is -0.383 e. The molecule has 0 fully saturated rings. The van der Waals surface area contributed by atoms with Crippen LogP contribution < -0.4 is 5.32 Å². The number of carbonyl (C=O) groups is 1. The van der Waals surface area contributed by atoms with Crippen LogP contribution in [0, 0.1) is 0 Å². The predicted octanol–water partition coefficient (Wildman–Crippen LogP) is 1.62. The number of benzene rings is 2. The van der Waals surface area contributed by atoms with Crippen LogP contribution in [0.3, 0.4) is 0 Å². The van der Waals surface area contributed by atoms with Gasteiger partial charge in [-0.15, -0.1) is 5.10 Å². The average molecular weight is 349 g/mol. The molecular weight excluding hydrogens is 330 g/mol. The lowest BCUT2D eigenvalue weighted by Crippen LogP contribution is -2.43. The Morgan fingerprint density at radius 3 is 2.96 bits per heavy atom. The minimum atomic E-state index is -1.03. The highest BCUT2D eigenvalue weighted by Gasteiger charge is 2.34. The van der Waals surface area contributed by atoms with E-state index in [0.717, 1.165) is 24.0 Å². The number of aromatic nitrogens is 4. The molecule has 0 radical (unpaired) electrons. The zero-order valence-corrected chi connectivity index (χ0v) is 14.2. The van der Waals surface area contributed by atoms with Gasteiger partial charge in [-0.25, -0.2) is 4.68 Å². The molecule has 0 unspecified atom stereocenters. The first-order valence-electron chi connectivity index (χ1n) is 8.58. The number of amides is 1. The highest BCUT2D eigenvalue weighted by atomic mass is 16.3. The monoisotopic (exact) mass is 349 g/mol. The van der Waals surface area contributed by atoms with Gasteiger partial charge >= 0.3 is 0 Å². The van der Waals surface area contributed by atoms with Crippen LogP contribution in [-0.2, 0) is 12.0 Å². The zero-order valence-electron chi connectivity index (χ0n) is 14.2. The molecule has 0 spiro atoms. The van der Waals surface area contributed by atoms with Crippen molar-refractivity contribution in [2.24, 2.45) is 0 Å². The summed E-state index contributed by atoms with van der Waals surface area (Å²) in [5, 5.41) is 25.0. The standard InChI is InChI=1S/C19H19N5O2/c25-18(15-6-3-8-16(11-15)24-13-21-22-23-24)20-12-19(26)10-4-7-14-5-1-2-9-17(14)19/h1-3,5-6,8-9,11,13,26H,4,7,10,12H2,(H,20,25)/t19-/m0/s1. The van der Waals surface area contributed by atoms with Crippen LogP contribution in [0.2, 0.25) is 0 Å². The molecule has 7 heteroatoms. The molecule has 132 valence electrons. The number of hydrogen-bond acceptors (Lipinski definition) is 5. The Morgan fingerprint density at radius 1 is 1.23 bits per heavy atom. The van der Waals surface area contributed by atoms with Gasteiger partial charge in [-0.1, -0.05) is 30.3 Å². The predicted molar refractivity (Wildman–Crippen MR) is 94.8 cm³/mol. The van der Waals surface area contributed by atoms with Crippen LogP contribution >= 0.6 is 0 Å². The SMILES string of the molecule is O=C(NC[C@@]1(O)CCCc2ccccc21)c1cccc(-n2cnnn2)c1. The summed E-state index contributed by atoms with van der Waals surface area (Å²) >= 11 is 0. The fourth-order valence-corrected chi connectivity index (χ4v) is 3.48. The second-order valence-corrected chi connectivity index (χ2v) is 6.53. The van der Waals surface area contributed by atoms with Crippen LogP contribution in [0.25, 0.3) is 5.69 Å². The van der Waals surface area contributed by atoms with E-state index in [-0.39, 0.29) is 12.5 Å². The van der Waals surface area contributed by atoms with Crippen LogP contribution in [0.5, 0.6) is 0 Å². The van der Waals surface area contributed by atoms with Gasteiger partial charge in [0, 0.05) is 5.56 Å². The van der Waals surface area contributed by atoms with Gasteiger partial charge in [0.05, 0.1) is 12.2 Å². The molecule has 26 heavy (non-hydrogen) atoms. The van der Waals surface area contributed by atoms with Gasteiger partial charge in [-0.05, 0) is 59.0 Å². The van der Waals surface area contributed by atoms with Gasteiger partial charge < -0.3 is 10.4 Å². The Bertz CT molecular complexity index is 925. The molecule has 2 N–H and O–H groups in total. The zero-order chi connectivity index (χ0) is 18.0. The number of rotatable bonds is 4. The molecule has 0 saturated carbocycles. The van der Waals surface area contributed by atoms with E-state index in [1.165, 1.54) is 11.0 Å². The summed E-state index contributed by atoms with van der Waals surface area (Å²) in [6.07, 6.45) is 3.96. The van der Waals surface area contributed by atoms with Gasteiger partial charge in [-0.3, -0.25) is 4.79 Å². The third kappa shape index (κ3) is 3.09. The number of nitrogens with zero attached hydrogens (tertiary/aromatic N) is 4. The normalized spacial score (nSPS) is 19.0. The van der Waals surface area contributed by atoms with Crippen molar-refractivity contribution in [1.82, 2.24) is 25.5 Å². The lowest BCUT2D eigenvalue weighted by molar-refractivity contribution is 0.0189. The van der Waals surface area contributed by atoms with E-state index in [0.29, 0.717) is 17.7 Å². The third-order valence-corrected chi connectivity index (χ3v) is 4.82. The Hall–Kier alpha value is -3.06. The molecule has 1 aromatic heterocycles. The molecular formula is C19H19N5O2. The third-order valence-electron chi connectivity index (χ3n) is 4.82. The quantitative estimate of drug-likeness (QED) is 0.747. The molecule has 1 amide bonds. The molecule has 0 bridgehead atoms. The van der Waals surface area contributed by atoms with Gasteiger partial charge in [0.15, 0.2) is 0 Å². The van der Waals surface area contributed by atoms with Crippen LogP contribution in [-0.4, -0.2) is 37.8 Å². The first kappa shape index (κ1) is 16.4. The Balaban J connectivity index is 1.51. The van der Waals surface area contributed by atoms with Crippen molar-refractivity contribution in [2.75, 3.05) is 6.54 Å². The van der Waals surface area contributed by atoms with E-state index in [2.05, 4.69) is 20.8 Å². The average Bonchev–Trinajstić information content (AvgIpc) is 3.22. The maximum Gasteiger partial charge on any atom is 0.251 e. The van der Waals surface area contributed by atoms with Gasteiger partial charge in [0.1, 0.15) is 11.9 Å². The summed E-state index contributed by atoms with van der Waals surface area (Å²) in [5.74, 6) is -0.239. The van der Waals surface area contributed by atoms with Crippen molar-refractivity contribution < 1.29 is 9.90 Å². The largest absolute Gasteiger partial charge is 0.383 e. The number of aliphatic hydroxyl groups is 1. The van der Waals surface area contributed by atoms with E-state index in [4.69, 9.17) is 0 Å². The summed E-state index contributed by atoms with van der Waals surface area (Å²) in [7, 11) is 0. The molecule has 0 aliphatic heterocycles. The van der Waals surface area contributed by atoms with Crippen molar-refractivity contribution in [3.63, 3.8) is 0 Å². The number of carbonyl (C=O) groups excluding carboxylic acids is 1. The number of nitrogens with one attached hydrogen (secondary N) is 1. The Kier molecular flexibility index (Phi) is 4.22. The number of tetrazole rings is 1. The number of fused-ring (bicyclic) bond motifs is 1. The first-order valence-corrected chi connectivity index (χ1v) is 8.58. The summed E-state index contributed by atoms with van der Waals surface area (Å²) in [4.78, 5) is 12.6. The highest BCUT2D eigenvalue weighted by molar-refractivity contribution is 5.94.